The van der Waals surface area contributed by atoms with Gasteiger partial charge in [-0.25, -0.2) is 4.31 Å². The molecule has 0 saturated heterocycles. The standard InChI is InChI=1S/C8H14N4O4S/c1-7(2)8(13)12(17(14,15)16-3)6-4-5-10-11-9/h1,4-6H2,2-3H3. The largest absolute Gasteiger partial charge is 0.364 e. The zero-order valence-corrected chi connectivity index (χ0v) is 10.5. The summed E-state index contributed by atoms with van der Waals surface area (Å²) in [5.41, 5.74) is 8.13. The number of nitrogens with zero attached hydrogens (tertiary/aromatic N) is 4. The molecular formula is C8H14N4O4S. The lowest BCUT2D eigenvalue weighted by atomic mass is 10.3. The van der Waals surface area contributed by atoms with E-state index in [-0.39, 0.29) is 25.1 Å². The minimum atomic E-state index is -4.10. The average molecular weight is 262 g/mol. The maximum atomic E-state index is 11.6. The Morgan fingerprint density at radius 1 is 1.59 bits per heavy atom. The summed E-state index contributed by atoms with van der Waals surface area (Å²) in [6.07, 6.45) is 0.214. The van der Waals surface area contributed by atoms with Gasteiger partial charge in [0.2, 0.25) is 0 Å². The Bertz CT molecular complexity index is 438. The summed E-state index contributed by atoms with van der Waals surface area (Å²) >= 11 is 0. The Labute approximate surface area is 99.7 Å². The molecule has 0 spiro atoms. The number of carbonyl (C=O) groups is 1. The maximum absolute atomic E-state index is 11.6. The van der Waals surface area contributed by atoms with Crippen LogP contribution in [-0.4, -0.2) is 38.8 Å². The van der Waals surface area contributed by atoms with Gasteiger partial charge in [0.05, 0.1) is 7.11 Å². The Balaban J connectivity index is 4.82. The molecule has 96 valence electrons. The summed E-state index contributed by atoms with van der Waals surface area (Å²) < 4.78 is 27.7. The zero-order chi connectivity index (χ0) is 13.5. The second-order valence-corrected chi connectivity index (χ2v) is 4.72. The van der Waals surface area contributed by atoms with E-state index in [1.807, 2.05) is 0 Å². The van der Waals surface area contributed by atoms with Gasteiger partial charge in [0.25, 0.3) is 5.91 Å². The van der Waals surface area contributed by atoms with E-state index in [0.29, 0.717) is 4.31 Å². The number of amides is 1. The quantitative estimate of drug-likeness (QED) is 0.224. The van der Waals surface area contributed by atoms with E-state index in [1.54, 1.807) is 0 Å². The summed E-state index contributed by atoms with van der Waals surface area (Å²) in [4.78, 5) is 14.1. The van der Waals surface area contributed by atoms with Crippen molar-refractivity contribution < 1.29 is 17.4 Å². The molecule has 8 nitrogen and oxygen atoms in total. The van der Waals surface area contributed by atoms with Gasteiger partial charge in [-0.2, -0.15) is 8.42 Å². The first-order chi connectivity index (χ1) is 7.86. The number of rotatable bonds is 7. The minimum Gasteiger partial charge on any atom is -0.268 e. The fraction of sp³-hybridized carbons (Fsp3) is 0.625. The van der Waals surface area contributed by atoms with E-state index in [2.05, 4.69) is 20.8 Å². The van der Waals surface area contributed by atoms with Crippen LogP contribution in [0, 0.1) is 0 Å². The molecule has 0 aliphatic heterocycles. The van der Waals surface area contributed by atoms with Gasteiger partial charge >= 0.3 is 10.3 Å². The van der Waals surface area contributed by atoms with Crippen LogP contribution < -0.4 is 0 Å². The maximum Gasteiger partial charge on any atom is 0.364 e. The van der Waals surface area contributed by atoms with Crippen LogP contribution in [0.2, 0.25) is 0 Å². The Hall–Kier alpha value is -1.57. The van der Waals surface area contributed by atoms with Gasteiger partial charge in [-0.05, 0) is 18.9 Å². The summed E-state index contributed by atoms with van der Waals surface area (Å²) in [6, 6.07) is 0. The SMILES string of the molecule is C=C(C)C(=O)N(CCCN=[N+]=[N-])S(=O)(=O)OC. The molecule has 0 bridgehead atoms. The third kappa shape index (κ3) is 4.85. The van der Waals surface area contributed by atoms with E-state index >= 15 is 0 Å². The topological polar surface area (TPSA) is 112 Å². The summed E-state index contributed by atoms with van der Waals surface area (Å²) in [6.45, 7) is 4.74. The molecule has 1 amide bonds. The Kier molecular flexibility index (Phi) is 6.26. The number of hydrogen-bond acceptors (Lipinski definition) is 5. The molecule has 17 heavy (non-hydrogen) atoms. The molecule has 0 aromatic carbocycles. The second kappa shape index (κ2) is 6.89. The van der Waals surface area contributed by atoms with Crippen molar-refractivity contribution in [2.75, 3.05) is 20.2 Å². The van der Waals surface area contributed by atoms with Crippen molar-refractivity contribution in [3.8, 4) is 0 Å². The van der Waals surface area contributed by atoms with E-state index < -0.39 is 16.2 Å². The van der Waals surface area contributed by atoms with Crippen LogP contribution in [0.3, 0.4) is 0 Å². The van der Waals surface area contributed by atoms with Gasteiger partial charge in [0.1, 0.15) is 0 Å². The van der Waals surface area contributed by atoms with E-state index in [0.717, 1.165) is 7.11 Å². The number of carbonyl (C=O) groups excluding carboxylic acids is 1. The smallest absolute Gasteiger partial charge is 0.268 e. The second-order valence-electron chi connectivity index (χ2n) is 3.09. The number of azide groups is 1. The molecule has 0 aliphatic rings. The van der Waals surface area contributed by atoms with Gasteiger partial charge in [-0.15, -0.1) is 0 Å². The first-order valence-corrected chi connectivity index (χ1v) is 6.02. The molecule has 0 heterocycles. The average Bonchev–Trinajstić information content (AvgIpc) is 2.28. The van der Waals surface area contributed by atoms with Crippen LogP contribution in [0.4, 0.5) is 0 Å². The highest BCUT2D eigenvalue weighted by molar-refractivity contribution is 7.84. The normalized spacial score (nSPS) is 10.5. The molecule has 0 unspecified atom stereocenters. The van der Waals surface area contributed by atoms with Crippen molar-refractivity contribution in [3.63, 3.8) is 0 Å². The summed E-state index contributed by atoms with van der Waals surface area (Å²) in [5, 5.41) is 3.24. The van der Waals surface area contributed by atoms with Crippen LogP contribution in [0.15, 0.2) is 17.3 Å². The lowest BCUT2D eigenvalue weighted by Crippen LogP contribution is -2.38. The zero-order valence-electron chi connectivity index (χ0n) is 9.66. The third-order valence-corrected chi connectivity index (χ3v) is 3.06. The van der Waals surface area contributed by atoms with E-state index in [9.17, 15) is 13.2 Å². The fourth-order valence-electron chi connectivity index (χ4n) is 0.947. The van der Waals surface area contributed by atoms with Crippen LogP contribution in [-0.2, 0) is 19.3 Å². The molecule has 0 aromatic rings. The number of hydrogen-bond donors (Lipinski definition) is 0. The predicted octanol–water partition coefficient (Wildman–Crippen LogP) is 0.983. The van der Waals surface area contributed by atoms with Gasteiger partial charge in [0, 0.05) is 23.6 Å². The fourth-order valence-corrected chi connectivity index (χ4v) is 1.84. The molecule has 0 radical (unpaired) electrons. The van der Waals surface area contributed by atoms with Crippen molar-refractivity contribution in [3.05, 3.63) is 22.6 Å². The first-order valence-electron chi connectivity index (χ1n) is 4.65. The Morgan fingerprint density at radius 3 is 2.59 bits per heavy atom. The molecule has 0 N–H and O–H groups in total. The van der Waals surface area contributed by atoms with Crippen LogP contribution in [0.5, 0.6) is 0 Å². The molecule has 0 aromatic heterocycles. The van der Waals surface area contributed by atoms with Crippen molar-refractivity contribution in [1.82, 2.24) is 4.31 Å². The van der Waals surface area contributed by atoms with E-state index in [4.69, 9.17) is 5.53 Å². The minimum absolute atomic E-state index is 0.0782. The van der Waals surface area contributed by atoms with Crippen molar-refractivity contribution in [2.24, 2.45) is 5.11 Å². The molecule has 0 atom stereocenters. The van der Waals surface area contributed by atoms with Gasteiger partial charge in [-0.3, -0.25) is 8.98 Å². The highest BCUT2D eigenvalue weighted by Crippen LogP contribution is 2.08. The third-order valence-electron chi connectivity index (χ3n) is 1.75. The molecule has 0 saturated carbocycles. The van der Waals surface area contributed by atoms with Crippen molar-refractivity contribution >= 4 is 16.2 Å². The highest BCUT2D eigenvalue weighted by Gasteiger charge is 2.26. The first kappa shape index (κ1) is 15.4. The predicted molar refractivity (Wildman–Crippen MR) is 61.1 cm³/mol. The molecule has 9 heteroatoms. The van der Waals surface area contributed by atoms with Gasteiger partial charge in [-0.1, -0.05) is 11.7 Å². The lowest BCUT2D eigenvalue weighted by molar-refractivity contribution is -0.122. The monoisotopic (exact) mass is 262 g/mol. The summed E-state index contributed by atoms with van der Waals surface area (Å²) in [7, 11) is -3.14. The molecule has 0 fully saturated rings. The van der Waals surface area contributed by atoms with Crippen LogP contribution >= 0.6 is 0 Å². The Morgan fingerprint density at radius 2 is 2.18 bits per heavy atom. The molecular weight excluding hydrogens is 248 g/mol. The van der Waals surface area contributed by atoms with Crippen LogP contribution in [0.1, 0.15) is 13.3 Å². The van der Waals surface area contributed by atoms with E-state index in [1.165, 1.54) is 6.92 Å². The molecule has 0 rings (SSSR count). The lowest BCUT2D eigenvalue weighted by Gasteiger charge is -2.20. The van der Waals surface area contributed by atoms with Gasteiger partial charge < -0.3 is 0 Å². The highest BCUT2D eigenvalue weighted by atomic mass is 32.2. The van der Waals surface area contributed by atoms with Crippen LogP contribution in [0.25, 0.3) is 10.4 Å². The van der Waals surface area contributed by atoms with Gasteiger partial charge in [0.15, 0.2) is 0 Å². The molecule has 0 aliphatic carbocycles. The van der Waals surface area contributed by atoms with Crippen molar-refractivity contribution in [1.29, 1.82) is 0 Å². The van der Waals surface area contributed by atoms with Crippen molar-refractivity contribution in [2.45, 2.75) is 13.3 Å². The summed E-state index contributed by atoms with van der Waals surface area (Å²) in [5.74, 6) is -0.743.